The summed E-state index contributed by atoms with van der Waals surface area (Å²) < 4.78 is 0. The minimum Gasteiger partial charge on any atom is -0.315 e. The largest absolute Gasteiger partial charge is 0.315 e. The van der Waals surface area contributed by atoms with Crippen molar-refractivity contribution in [3.63, 3.8) is 0 Å². The van der Waals surface area contributed by atoms with Gasteiger partial charge in [0.15, 0.2) is 0 Å². The molecule has 0 amide bonds. The third kappa shape index (κ3) is 4.56. The van der Waals surface area contributed by atoms with E-state index in [1.807, 2.05) is 13.1 Å². The molecular weight excluding hydrogens is 258 g/mol. The van der Waals surface area contributed by atoms with Gasteiger partial charge in [0.2, 0.25) is 0 Å². The van der Waals surface area contributed by atoms with Crippen LogP contribution in [0.5, 0.6) is 0 Å². The normalized spacial score (nSPS) is 35.3. The molecule has 0 aliphatic carbocycles. The molecule has 0 aromatic heterocycles. The standard InChI is InChI=1S/C9H20BrN5/c1-6-13-4-7(9(11)15-12)2-3-8(10)5-14-6/h5-9,13,15H,2-4,11-12H2,1H3. The van der Waals surface area contributed by atoms with E-state index in [1.165, 1.54) is 0 Å². The lowest BCUT2D eigenvalue weighted by Crippen LogP contribution is -2.51. The summed E-state index contributed by atoms with van der Waals surface area (Å²) in [5.74, 6) is 5.69. The van der Waals surface area contributed by atoms with Gasteiger partial charge < -0.3 is 5.73 Å². The van der Waals surface area contributed by atoms with Crippen LogP contribution < -0.4 is 22.3 Å². The van der Waals surface area contributed by atoms with Crippen LogP contribution in [0.1, 0.15) is 19.8 Å². The Hall–Kier alpha value is -0.0100. The second kappa shape index (κ2) is 6.55. The van der Waals surface area contributed by atoms with E-state index in [-0.39, 0.29) is 12.3 Å². The fraction of sp³-hybridized carbons (Fsp3) is 0.889. The smallest absolute Gasteiger partial charge is 0.0962 e. The molecule has 88 valence electrons. The van der Waals surface area contributed by atoms with Crippen molar-refractivity contribution < 1.29 is 0 Å². The van der Waals surface area contributed by atoms with E-state index in [0.717, 1.165) is 19.4 Å². The number of nitrogens with zero attached hydrogens (tertiary/aromatic N) is 1. The van der Waals surface area contributed by atoms with E-state index in [1.54, 1.807) is 0 Å². The molecule has 0 saturated carbocycles. The van der Waals surface area contributed by atoms with Crippen LogP contribution in [0, 0.1) is 5.92 Å². The lowest BCUT2D eigenvalue weighted by Gasteiger charge is -2.24. The van der Waals surface area contributed by atoms with E-state index in [0.29, 0.717) is 10.7 Å². The zero-order valence-corrected chi connectivity index (χ0v) is 10.6. The van der Waals surface area contributed by atoms with Gasteiger partial charge in [0.05, 0.1) is 12.3 Å². The minimum absolute atomic E-state index is 0.135. The molecule has 0 fully saturated rings. The molecule has 1 heterocycles. The zero-order valence-electron chi connectivity index (χ0n) is 8.99. The van der Waals surface area contributed by atoms with E-state index in [4.69, 9.17) is 11.6 Å². The van der Waals surface area contributed by atoms with Gasteiger partial charge in [-0.05, 0) is 19.8 Å². The Bertz CT molecular complexity index is 195. The Kier molecular flexibility index (Phi) is 5.70. The molecule has 6 N–H and O–H groups in total. The van der Waals surface area contributed by atoms with Crippen molar-refractivity contribution in [2.45, 2.75) is 36.9 Å². The SMILES string of the molecule is CC1N=CC(Br)CCC(C(N)NN)CN1. The molecule has 4 atom stereocenters. The van der Waals surface area contributed by atoms with Crippen molar-refractivity contribution in [2.75, 3.05) is 6.54 Å². The predicted molar refractivity (Wildman–Crippen MR) is 66.7 cm³/mol. The van der Waals surface area contributed by atoms with Crippen LogP contribution in [-0.4, -0.2) is 29.9 Å². The highest BCUT2D eigenvalue weighted by molar-refractivity contribution is 9.09. The van der Waals surface area contributed by atoms with Gasteiger partial charge in [0, 0.05) is 23.5 Å². The summed E-state index contributed by atoms with van der Waals surface area (Å²) in [7, 11) is 0. The maximum Gasteiger partial charge on any atom is 0.0962 e. The summed E-state index contributed by atoms with van der Waals surface area (Å²) in [5.41, 5.74) is 8.49. The highest BCUT2D eigenvalue weighted by atomic mass is 79.9. The fourth-order valence-corrected chi connectivity index (χ4v) is 1.99. The molecule has 0 saturated heterocycles. The molecule has 0 aromatic rings. The average Bonchev–Trinajstić information content (AvgIpc) is 2.31. The molecule has 0 aromatic carbocycles. The predicted octanol–water partition coefficient (Wildman–Crippen LogP) is -0.0856. The zero-order chi connectivity index (χ0) is 11.3. The molecule has 4 unspecified atom stereocenters. The molecule has 1 aliphatic heterocycles. The van der Waals surface area contributed by atoms with E-state index in [2.05, 4.69) is 31.7 Å². The van der Waals surface area contributed by atoms with Gasteiger partial charge in [-0.1, -0.05) is 15.9 Å². The molecule has 5 nitrogen and oxygen atoms in total. The van der Waals surface area contributed by atoms with Gasteiger partial charge in [-0.3, -0.25) is 16.2 Å². The molecule has 0 spiro atoms. The Morgan fingerprint density at radius 1 is 1.60 bits per heavy atom. The van der Waals surface area contributed by atoms with Crippen molar-refractivity contribution in [2.24, 2.45) is 22.5 Å². The topological polar surface area (TPSA) is 88.5 Å². The molecule has 0 radical (unpaired) electrons. The van der Waals surface area contributed by atoms with Crippen molar-refractivity contribution in [3.8, 4) is 0 Å². The lowest BCUT2D eigenvalue weighted by atomic mass is 9.99. The van der Waals surface area contributed by atoms with Gasteiger partial charge in [0.1, 0.15) is 0 Å². The van der Waals surface area contributed by atoms with Crippen LogP contribution in [0.3, 0.4) is 0 Å². The van der Waals surface area contributed by atoms with Gasteiger partial charge >= 0.3 is 0 Å². The van der Waals surface area contributed by atoms with Crippen molar-refractivity contribution in [1.82, 2.24) is 10.7 Å². The summed E-state index contributed by atoms with van der Waals surface area (Å²) in [6, 6.07) is 0. The Morgan fingerprint density at radius 3 is 3.00 bits per heavy atom. The first-order valence-electron chi connectivity index (χ1n) is 5.26. The minimum atomic E-state index is -0.164. The molecule has 1 rings (SSSR count). The Morgan fingerprint density at radius 2 is 2.33 bits per heavy atom. The van der Waals surface area contributed by atoms with Crippen LogP contribution >= 0.6 is 15.9 Å². The van der Waals surface area contributed by atoms with Gasteiger partial charge in [-0.25, -0.2) is 5.43 Å². The number of rotatable bonds is 2. The van der Waals surface area contributed by atoms with E-state index in [9.17, 15) is 0 Å². The molecule has 1 aliphatic rings. The number of aliphatic imine (C=N–C) groups is 1. The van der Waals surface area contributed by atoms with Gasteiger partial charge in [0.25, 0.3) is 0 Å². The summed E-state index contributed by atoms with van der Waals surface area (Å²) in [4.78, 5) is 4.70. The molecular formula is C9H20BrN5. The summed E-state index contributed by atoms with van der Waals surface area (Å²) in [6.07, 6.45) is 3.96. The highest BCUT2D eigenvalue weighted by Gasteiger charge is 2.19. The average molecular weight is 278 g/mol. The maximum absolute atomic E-state index is 5.88. The second-order valence-electron chi connectivity index (χ2n) is 3.93. The number of nitrogens with two attached hydrogens (primary N) is 2. The second-order valence-corrected chi connectivity index (χ2v) is 5.10. The first-order valence-corrected chi connectivity index (χ1v) is 6.17. The number of alkyl halides is 1. The Labute approximate surface area is 99.2 Å². The summed E-state index contributed by atoms with van der Waals surface area (Å²) in [6.45, 7) is 2.86. The number of halogens is 1. The Balaban J connectivity index is 2.55. The van der Waals surface area contributed by atoms with Gasteiger partial charge in [-0.15, -0.1) is 0 Å². The van der Waals surface area contributed by atoms with Crippen LogP contribution in [0.4, 0.5) is 0 Å². The first kappa shape index (κ1) is 13.1. The molecule has 15 heavy (non-hydrogen) atoms. The number of hydrazine groups is 1. The van der Waals surface area contributed by atoms with Crippen LogP contribution in [0.2, 0.25) is 0 Å². The molecule has 0 bridgehead atoms. The van der Waals surface area contributed by atoms with Crippen molar-refractivity contribution >= 4 is 22.1 Å². The van der Waals surface area contributed by atoms with Crippen LogP contribution in [0.15, 0.2) is 4.99 Å². The quantitative estimate of drug-likeness (QED) is 0.246. The van der Waals surface area contributed by atoms with Crippen LogP contribution in [0.25, 0.3) is 0 Å². The van der Waals surface area contributed by atoms with E-state index >= 15 is 0 Å². The third-order valence-corrected chi connectivity index (χ3v) is 3.35. The highest BCUT2D eigenvalue weighted by Crippen LogP contribution is 2.15. The summed E-state index contributed by atoms with van der Waals surface area (Å²) >= 11 is 3.56. The van der Waals surface area contributed by atoms with Crippen molar-refractivity contribution in [3.05, 3.63) is 0 Å². The first-order chi connectivity index (χ1) is 7.13. The fourth-order valence-electron chi connectivity index (χ4n) is 1.59. The number of hydrogen-bond acceptors (Lipinski definition) is 5. The van der Waals surface area contributed by atoms with Crippen molar-refractivity contribution in [1.29, 1.82) is 0 Å². The third-order valence-electron chi connectivity index (χ3n) is 2.66. The van der Waals surface area contributed by atoms with E-state index < -0.39 is 0 Å². The van der Waals surface area contributed by atoms with Crippen LogP contribution in [-0.2, 0) is 0 Å². The van der Waals surface area contributed by atoms with Gasteiger partial charge in [-0.2, -0.15) is 0 Å². The number of nitrogens with one attached hydrogen (secondary N) is 2. The number of hydrogen-bond donors (Lipinski definition) is 4. The summed E-state index contributed by atoms with van der Waals surface area (Å²) in [5, 5.41) is 3.32. The monoisotopic (exact) mass is 277 g/mol. The lowest BCUT2D eigenvalue weighted by molar-refractivity contribution is 0.319. The maximum atomic E-state index is 5.88. The molecule has 6 heteroatoms.